The van der Waals surface area contributed by atoms with Crippen molar-refractivity contribution in [1.82, 2.24) is 14.9 Å². The monoisotopic (exact) mass is 434 g/mol. The predicted octanol–water partition coefficient (Wildman–Crippen LogP) is 3.87. The highest BCUT2D eigenvalue weighted by Crippen LogP contribution is 2.36. The second kappa shape index (κ2) is 7.93. The molecule has 0 aliphatic heterocycles. The van der Waals surface area contributed by atoms with Crippen LogP contribution in [0.15, 0.2) is 68.0 Å². The molecule has 0 radical (unpaired) electrons. The van der Waals surface area contributed by atoms with E-state index < -0.39 is 20.5 Å². The Balaban J connectivity index is 1.91. The van der Waals surface area contributed by atoms with Crippen molar-refractivity contribution >= 4 is 27.5 Å². The highest BCUT2D eigenvalue weighted by Gasteiger charge is 2.26. The third kappa shape index (κ3) is 5.19. The summed E-state index contributed by atoms with van der Waals surface area (Å²) in [5, 5.41) is 19.5. The molecule has 1 heterocycles. The van der Waals surface area contributed by atoms with Crippen molar-refractivity contribution in [3.63, 3.8) is 0 Å². The van der Waals surface area contributed by atoms with Crippen LogP contribution in [-0.2, 0) is 10.0 Å². The Bertz CT molecular complexity index is 1140. The van der Waals surface area contributed by atoms with Crippen molar-refractivity contribution in [2.45, 2.75) is 41.3 Å². The number of nitro benzene ring substituents is 1. The van der Waals surface area contributed by atoms with Gasteiger partial charge in [-0.15, -0.1) is 10.2 Å². The van der Waals surface area contributed by atoms with E-state index in [4.69, 9.17) is 4.42 Å². The molecule has 1 aromatic heterocycles. The first-order valence-corrected chi connectivity index (χ1v) is 10.7. The van der Waals surface area contributed by atoms with E-state index in [2.05, 4.69) is 14.9 Å². The van der Waals surface area contributed by atoms with Crippen molar-refractivity contribution in [2.24, 2.45) is 0 Å². The van der Waals surface area contributed by atoms with Crippen LogP contribution >= 0.6 is 11.8 Å². The molecule has 0 aliphatic carbocycles. The summed E-state index contributed by atoms with van der Waals surface area (Å²) in [6, 6.07) is 12.8. The molecule has 9 nitrogen and oxygen atoms in total. The molecule has 0 spiro atoms. The summed E-state index contributed by atoms with van der Waals surface area (Å²) >= 11 is 0.893. The van der Waals surface area contributed by atoms with Crippen LogP contribution in [0.3, 0.4) is 0 Å². The minimum atomic E-state index is -3.91. The lowest BCUT2D eigenvalue weighted by Crippen LogP contribution is -2.40. The zero-order chi connectivity index (χ0) is 21.2. The van der Waals surface area contributed by atoms with E-state index in [1.807, 2.05) is 18.2 Å². The average Bonchev–Trinajstić information content (AvgIpc) is 3.09. The van der Waals surface area contributed by atoms with E-state index in [1.165, 1.54) is 12.1 Å². The van der Waals surface area contributed by atoms with Crippen LogP contribution in [0.25, 0.3) is 11.5 Å². The molecule has 0 saturated carbocycles. The molecule has 11 heteroatoms. The summed E-state index contributed by atoms with van der Waals surface area (Å²) in [6.45, 7) is 5.05. The first-order valence-electron chi connectivity index (χ1n) is 8.44. The van der Waals surface area contributed by atoms with Gasteiger partial charge in [0.1, 0.15) is 0 Å². The number of aromatic nitrogens is 2. The third-order valence-electron chi connectivity index (χ3n) is 3.50. The van der Waals surface area contributed by atoms with Crippen molar-refractivity contribution < 1.29 is 17.8 Å². The largest absolute Gasteiger partial charge is 0.411 e. The van der Waals surface area contributed by atoms with Gasteiger partial charge < -0.3 is 4.42 Å². The minimum Gasteiger partial charge on any atom is -0.411 e. The van der Waals surface area contributed by atoms with Gasteiger partial charge in [0.15, 0.2) is 0 Å². The van der Waals surface area contributed by atoms with Crippen LogP contribution in [-0.4, -0.2) is 29.1 Å². The number of nitrogens with zero attached hydrogens (tertiary/aromatic N) is 3. The SMILES string of the molecule is CC(C)(C)NS(=O)(=O)c1ccc(Sc2nnc(-c3ccccc3)o2)c([N+](=O)[O-])c1. The van der Waals surface area contributed by atoms with Crippen molar-refractivity contribution in [2.75, 3.05) is 0 Å². The standard InChI is InChI=1S/C18H18N4O5S2/c1-18(2,3)21-29(25,26)13-9-10-15(14(11-13)22(23)24)28-17-20-19-16(27-17)12-7-5-4-6-8-12/h4-11,21H,1-3H3. The van der Waals surface area contributed by atoms with Gasteiger partial charge in [0, 0.05) is 17.2 Å². The maximum Gasteiger partial charge on any atom is 0.284 e. The number of rotatable bonds is 6. The second-order valence-corrected chi connectivity index (χ2v) is 9.76. The lowest BCUT2D eigenvalue weighted by Gasteiger charge is -2.20. The summed E-state index contributed by atoms with van der Waals surface area (Å²) in [7, 11) is -3.91. The Hall–Kier alpha value is -2.76. The van der Waals surface area contributed by atoms with Gasteiger partial charge in [0.2, 0.25) is 15.9 Å². The first-order chi connectivity index (χ1) is 13.5. The summed E-state index contributed by atoms with van der Waals surface area (Å²) in [4.78, 5) is 10.9. The van der Waals surface area contributed by atoms with E-state index in [9.17, 15) is 18.5 Å². The molecule has 1 N–H and O–H groups in total. The summed E-state index contributed by atoms with van der Waals surface area (Å²) < 4.78 is 33.0. The van der Waals surface area contributed by atoms with E-state index in [0.29, 0.717) is 0 Å². The van der Waals surface area contributed by atoms with E-state index >= 15 is 0 Å². The molecule has 0 saturated heterocycles. The molecule has 0 bridgehead atoms. The van der Waals surface area contributed by atoms with Crippen molar-refractivity contribution in [3.05, 3.63) is 58.6 Å². The molecule has 0 amide bonds. The van der Waals surface area contributed by atoms with Crippen molar-refractivity contribution in [1.29, 1.82) is 0 Å². The van der Waals surface area contributed by atoms with Crippen LogP contribution in [0.1, 0.15) is 20.8 Å². The summed E-state index contributed by atoms with van der Waals surface area (Å²) in [6.07, 6.45) is 0. The van der Waals surface area contributed by atoms with Crippen LogP contribution < -0.4 is 4.72 Å². The topological polar surface area (TPSA) is 128 Å². The zero-order valence-electron chi connectivity index (χ0n) is 15.8. The summed E-state index contributed by atoms with van der Waals surface area (Å²) in [5.74, 6) is 0.282. The number of benzene rings is 2. The summed E-state index contributed by atoms with van der Waals surface area (Å²) in [5.41, 5.74) is -0.374. The van der Waals surface area contributed by atoms with Crippen LogP contribution in [0.5, 0.6) is 0 Å². The number of hydrogen-bond donors (Lipinski definition) is 1. The molecule has 2 aromatic carbocycles. The van der Waals surface area contributed by atoms with Crippen LogP contribution in [0.2, 0.25) is 0 Å². The number of nitrogens with one attached hydrogen (secondary N) is 1. The lowest BCUT2D eigenvalue weighted by atomic mass is 10.1. The average molecular weight is 434 g/mol. The van der Waals surface area contributed by atoms with Crippen LogP contribution in [0, 0.1) is 10.1 Å². The molecule has 3 aromatic rings. The highest BCUT2D eigenvalue weighted by molar-refractivity contribution is 7.99. The maximum absolute atomic E-state index is 12.5. The van der Waals surface area contributed by atoms with Crippen LogP contribution in [0.4, 0.5) is 5.69 Å². The first kappa shape index (κ1) is 21.0. The smallest absolute Gasteiger partial charge is 0.284 e. The maximum atomic E-state index is 12.5. The number of nitro groups is 1. The Morgan fingerprint density at radius 3 is 2.41 bits per heavy atom. The minimum absolute atomic E-state index is 0.107. The van der Waals surface area contributed by atoms with Gasteiger partial charge in [-0.25, -0.2) is 13.1 Å². The second-order valence-electron chi connectivity index (χ2n) is 7.08. The van der Waals surface area contributed by atoms with Gasteiger partial charge in [0.05, 0.1) is 14.7 Å². The molecule has 0 fully saturated rings. The predicted molar refractivity (Wildman–Crippen MR) is 107 cm³/mol. The Kier molecular flexibility index (Phi) is 5.73. The van der Waals surface area contributed by atoms with E-state index in [0.717, 1.165) is 23.4 Å². The van der Waals surface area contributed by atoms with Gasteiger partial charge in [-0.05, 0) is 56.8 Å². The zero-order valence-corrected chi connectivity index (χ0v) is 17.5. The number of sulfonamides is 1. The Morgan fingerprint density at radius 1 is 1.10 bits per heavy atom. The van der Waals surface area contributed by atoms with Gasteiger partial charge in [0.25, 0.3) is 10.9 Å². The molecule has 29 heavy (non-hydrogen) atoms. The fourth-order valence-electron chi connectivity index (χ4n) is 2.40. The molecule has 0 atom stereocenters. The highest BCUT2D eigenvalue weighted by atomic mass is 32.2. The normalized spacial score (nSPS) is 12.1. The Morgan fingerprint density at radius 2 is 1.79 bits per heavy atom. The fraction of sp³-hybridized carbons (Fsp3) is 0.222. The molecule has 0 unspecified atom stereocenters. The van der Waals surface area contributed by atoms with Crippen molar-refractivity contribution in [3.8, 4) is 11.5 Å². The molecule has 152 valence electrons. The van der Waals surface area contributed by atoms with Gasteiger partial charge in [-0.3, -0.25) is 10.1 Å². The van der Waals surface area contributed by atoms with E-state index in [-0.39, 0.29) is 26.6 Å². The molecular formula is C18H18N4O5S2. The molecular weight excluding hydrogens is 416 g/mol. The lowest BCUT2D eigenvalue weighted by molar-refractivity contribution is -0.388. The molecule has 3 rings (SSSR count). The third-order valence-corrected chi connectivity index (χ3v) is 6.16. The van der Waals surface area contributed by atoms with Gasteiger partial charge in [-0.2, -0.15) is 0 Å². The quantitative estimate of drug-likeness (QED) is 0.457. The van der Waals surface area contributed by atoms with Gasteiger partial charge >= 0.3 is 0 Å². The Labute approximate surface area is 171 Å². The van der Waals surface area contributed by atoms with Gasteiger partial charge in [-0.1, -0.05) is 18.2 Å². The number of hydrogen-bond acceptors (Lipinski definition) is 8. The van der Waals surface area contributed by atoms with E-state index in [1.54, 1.807) is 32.9 Å². The molecule has 0 aliphatic rings. The fourth-order valence-corrected chi connectivity index (χ4v) is 4.60.